The molecule has 0 spiro atoms. The molecule has 1 aromatic carbocycles. The molecule has 0 saturated carbocycles. The molecule has 0 unspecified atom stereocenters. The van der Waals surface area contributed by atoms with Crippen molar-refractivity contribution in [2.45, 2.75) is 4.90 Å². The summed E-state index contributed by atoms with van der Waals surface area (Å²) in [6.07, 6.45) is 0. The van der Waals surface area contributed by atoms with E-state index in [1.807, 2.05) is 0 Å². The average Bonchev–Trinajstić information content (AvgIpc) is 1.95. The largest absolute Gasteiger partial charge is 0.506 e. The number of hydrogen-bond acceptors (Lipinski definition) is 3. The van der Waals surface area contributed by atoms with E-state index in [9.17, 15) is 12.8 Å². The van der Waals surface area contributed by atoms with Gasteiger partial charge in [0.05, 0.1) is 5.02 Å². The van der Waals surface area contributed by atoms with E-state index in [1.54, 1.807) is 0 Å². The molecule has 1 rings (SSSR count). The van der Waals surface area contributed by atoms with Crippen LogP contribution in [0.25, 0.3) is 0 Å². The zero-order valence-corrected chi connectivity index (χ0v) is 8.29. The molecule has 0 aromatic heterocycles. The molecule has 0 saturated heterocycles. The van der Waals surface area contributed by atoms with Crippen molar-refractivity contribution in [2.24, 2.45) is 0 Å². The molecule has 0 aliphatic rings. The van der Waals surface area contributed by atoms with Crippen molar-refractivity contribution in [3.8, 4) is 5.75 Å². The minimum absolute atomic E-state index is 0.419. The van der Waals surface area contributed by atoms with Crippen LogP contribution in [0.15, 0.2) is 17.0 Å². The van der Waals surface area contributed by atoms with Crippen molar-refractivity contribution in [1.29, 1.82) is 0 Å². The second kappa shape index (κ2) is 3.32. The highest BCUT2D eigenvalue weighted by Gasteiger charge is 2.23. The third kappa shape index (κ3) is 2.04. The molecule has 0 heterocycles. The Morgan fingerprint density at radius 1 is 1.38 bits per heavy atom. The quantitative estimate of drug-likeness (QED) is 0.771. The van der Waals surface area contributed by atoms with Gasteiger partial charge < -0.3 is 5.11 Å². The van der Waals surface area contributed by atoms with Gasteiger partial charge in [0.2, 0.25) is 0 Å². The Bertz CT molecular complexity index is 443. The van der Waals surface area contributed by atoms with Crippen molar-refractivity contribution < 1.29 is 17.9 Å². The first kappa shape index (κ1) is 10.6. The maximum absolute atomic E-state index is 13.0. The van der Waals surface area contributed by atoms with Gasteiger partial charge in [0.15, 0.2) is 10.7 Å². The van der Waals surface area contributed by atoms with E-state index < -0.39 is 30.5 Å². The standard InChI is InChI=1S/C6H3Cl2FO3S/c7-3-1-2-4(10)6(5(3)9)13(8,11)12/h1-2,10H. The number of hydrogen-bond donors (Lipinski definition) is 1. The van der Waals surface area contributed by atoms with Crippen LogP contribution in [0.1, 0.15) is 0 Å². The predicted octanol–water partition coefficient (Wildman–Crippen LogP) is 2.11. The molecular formula is C6H3Cl2FO3S. The van der Waals surface area contributed by atoms with Crippen LogP contribution >= 0.6 is 22.3 Å². The maximum Gasteiger partial charge on any atom is 0.267 e. The molecule has 0 bridgehead atoms. The Balaban J connectivity index is 3.62. The number of rotatable bonds is 1. The Morgan fingerprint density at radius 2 is 1.92 bits per heavy atom. The highest BCUT2D eigenvalue weighted by Crippen LogP contribution is 2.32. The van der Waals surface area contributed by atoms with Crippen molar-refractivity contribution >= 4 is 31.3 Å². The summed E-state index contributed by atoms with van der Waals surface area (Å²) in [5.41, 5.74) is 0. The second-order valence-electron chi connectivity index (χ2n) is 2.15. The molecule has 0 atom stereocenters. The van der Waals surface area contributed by atoms with E-state index >= 15 is 0 Å². The zero-order chi connectivity index (χ0) is 10.2. The van der Waals surface area contributed by atoms with Crippen LogP contribution in [0, 0.1) is 5.82 Å². The first-order chi connectivity index (χ1) is 5.84. The molecule has 7 heteroatoms. The van der Waals surface area contributed by atoms with Crippen LogP contribution in [0.3, 0.4) is 0 Å². The van der Waals surface area contributed by atoms with Crippen LogP contribution in [0.4, 0.5) is 4.39 Å². The van der Waals surface area contributed by atoms with Gasteiger partial charge in [-0.2, -0.15) is 0 Å². The third-order valence-electron chi connectivity index (χ3n) is 1.27. The SMILES string of the molecule is O=S(=O)(Cl)c1c(O)ccc(Cl)c1F. The number of aromatic hydroxyl groups is 1. The monoisotopic (exact) mass is 244 g/mol. The van der Waals surface area contributed by atoms with Gasteiger partial charge in [-0.15, -0.1) is 0 Å². The lowest BCUT2D eigenvalue weighted by atomic mass is 10.3. The van der Waals surface area contributed by atoms with Crippen LogP contribution in [-0.2, 0) is 9.05 Å². The first-order valence-electron chi connectivity index (χ1n) is 2.95. The normalized spacial score (nSPS) is 11.6. The van der Waals surface area contributed by atoms with E-state index in [4.69, 9.17) is 27.4 Å². The summed E-state index contributed by atoms with van der Waals surface area (Å²) in [6.45, 7) is 0. The highest BCUT2D eigenvalue weighted by atomic mass is 35.7. The number of benzene rings is 1. The summed E-state index contributed by atoms with van der Waals surface area (Å²) >= 11 is 5.28. The molecule has 1 aromatic rings. The minimum Gasteiger partial charge on any atom is -0.506 e. The summed E-state index contributed by atoms with van der Waals surface area (Å²) in [4.78, 5) is -0.998. The number of phenolic OH excluding ortho intramolecular Hbond substituents is 1. The lowest BCUT2D eigenvalue weighted by Crippen LogP contribution is -1.96. The van der Waals surface area contributed by atoms with Gasteiger partial charge in [-0.3, -0.25) is 0 Å². The smallest absolute Gasteiger partial charge is 0.267 e. The highest BCUT2D eigenvalue weighted by molar-refractivity contribution is 8.13. The average molecular weight is 245 g/mol. The fraction of sp³-hybridized carbons (Fsp3) is 0. The van der Waals surface area contributed by atoms with E-state index in [2.05, 4.69) is 0 Å². The van der Waals surface area contributed by atoms with Crippen molar-refractivity contribution in [3.63, 3.8) is 0 Å². The van der Waals surface area contributed by atoms with Crippen LogP contribution in [0.5, 0.6) is 5.75 Å². The summed E-state index contributed by atoms with van der Waals surface area (Å²) in [5, 5.41) is 8.57. The molecule has 0 aliphatic heterocycles. The molecule has 0 fully saturated rings. The van der Waals surface area contributed by atoms with E-state index in [0.717, 1.165) is 12.1 Å². The first-order valence-corrected chi connectivity index (χ1v) is 5.64. The Morgan fingerprint density at radius 3 is 2.31 bits per heavy atom. The van der Waals surface area contributed by atoms with Gasteiger partial charge in [0.1, 0.15) is 5.75 Å². The Labute approximate surface area is 83.1 Å². The van der Waals surface area contributed by atoms with Gasteiger partial charge in [-0.1, -0.05) is 11.6 Å². The number of halogens is 3. The third-order valence-corrected chi connectivity index (χ3v) is 2.90. The van der Waals surface area contributed by atoms with E-state index in [-0.39, 0.29) is 0 Å². The fourth-order valence-corrected chi connectivity index (χ4v) is 2.05. The van der Waals surface area contributed by atoms with Gasteiger partial charge in [-0.05, 0) is 12.1 Å². The molecule has 0 amide bonds. The lowest BCUT2D eigenvalue weighted by molar-refractivity contribution is 0.446. The van der Waals surface area contributed by atoms with Gasteiger partial charge in [-0.25, -0.2) is 12.8 Å². The van der Waals surface area contributed by atoms with Crippen molar-refractivity contribution in [3.05, 3.63) is 23.0 Å². The molecule has 1 N–H and O–H groups in total. The molecule has 0 radical (unpaired) electrons. The summed E-state index contributed by atoms with van der Waals surface area (Å²) in [6, 6.07) is 1.97. The molecule has 72 valence electrons. The summed E-state index contributed by atoms with van der Waals surface area (Å²) in [5.74, 6) is -2.02. The van der Waals surface area contributed by atoms with Gasteiger partial charge in [0.25, 0.3) is 9.05 Å². The Kier molecular flexibility index (Phi) is 2.70. The predicted molar refractivity (Wildman–Crippen MR) is 46.1 cm³/mol. The van der Waals surface area contributed by atoms with Gasteiger partial charge >= 0.3 is 0 Å². The second-order valence-corrected chi connectivity index (χ2v) is 5.06. The van der Waals surface area contributed by atoms with Crippen LogP contribution < -0.4 is 0 Å². The van der Waals surface area contributed by atoms with Crippen molar-refractivity contribution in [1.82, 2.24) is 0 Å². The lowest BCUT2D eigenvalue weighted by Gasteiger charge is -2.02. The van der Waals surface area contributed by atoms with Crippen LogP contribution in [0.2, 0.25) is 5.02 Å². The molecule has 3 nitrogen and oxygen atoms in total. The molecule has 0 aliphatic carbocycles. The van der Waals surface area contributed by atoms with Gasteiger partial charge in [0, 0.05) is 10.7 Å². The summed E-state index contributed by atoms with van der Waals surface area (Å²) in [7, 11) is 0.531. The molecule has 13 heavy (non-hydrogen) atoms. The maximum atomic E-state index is 13.0. The van der Waals surface area contributed by atoms with E-state index in [1.165, 1.54) is 0 Å². The minimum atomic E-state index is -4.32. The topological polar surface area (TPSA) is 54.4 Å². The summed E-state index contributed by atoms with van der Waals surface area (Å²) < 4.78 is 34.5. The van der Waals surface area contributed by atoms with Crippen LogP contribution in [-0.4, -0.2) is 13.5 Å². The fourth-order valence-electron chi connectivity index (χ4n) is 0.754. The number of phenols is 1. The zero-order valence-electron chi connectivity index (χ0n) is 5.96. The van der Waals surface area contributed by atoms with E-state index in [0.29, 0.717) is 0 Å². The van der Waals surface area contributed by atoms with Crippen molar-refractivity contribution in [2.75, 3.05) is 0 Å². The molecular weight excluding hydrogens is 242 g/mol. The Hall–Kier alpha value is -0.520.